The lowest BCUT2D eigenvalue weighted by Gasteiger charge is -2.04. The van der Waals surface area contributed by atoms with Crippen LogP contribution in [-0.2, 0) is 6.42 Å². The molecule has 0 unspecified atom stereocenters. The number of halogens is 1. The van der Waals surface area contributed by atoms with E-state index in [1.165, 1.54) is 4.68 Å². The van der Waals surface area contributed by atoms with Gasteiger partial charge in [0.05, 0.1) is 5.69 Å². The molecule has 102 valence electrons. The topological polar surface area (TPSA) is 63.8 Å². The van der Waals surface area contributed by atoms with Crippen LogP contribution in [0.1, 0.15) is 31.0 Å². The van der Waals surface area contributed by atoms with Crippen LogP contribution in [0.15, 0.2) is 29.1 Å². The third-order valence-electron chi connectivity index (χ3n) is 3.06. The van der Waals surface area contributed by atoms with Gasteiger partial charge in [-0.15, -0.1) is 0 Å². The molecule has 1 aromatic carbocycles. The van der Waals surface area contributed by atoms with Crippen molar-refractivity contribution < 1.29 is 0 Å². The summed E-state index contributed by atoms with van der Waals surface area (Å²) in [7, 11) is 0. The third-order valence-corrected chi connectivity index (χ3v) is 3.29. The molecule has 0 aliphatic rings. The molecule has 2 aromatic rings. The fourth-order valence-electron chi connectivity index (χ4n) is 2.15. The summed E-state index contributed by atoms with van der Waals surface area (Å²) >= 11 is 5.97. The zero-order valence-electron chi connectivity index (χ0n) is 11.1. The van der Waals surface area contributed by atoms with Crippen LogP contribution < -0.4 is 11.3 Å². The molecule has 3 N–H and O–H groups in total. The summed E-state index contributed by atoms with van der Waals surface area (Å²) < 4.78 is 1.53. The highest BCUT2D eigenvalue weighted by molar-refractivity contribution is 6.30. The molecular weight excluding hydrogens is 262 g/mol. The van der Waals surface area contributed by atoms with E-state index in [0.29, 0.717) is 18.0 Å². The zero-order valence-corrected chi connectivity index (χ0v) is 11.9. The Morgan fingerprint density at radius 3 is 2.74 bits per heavy atom. The van der Waals surface area contributed by atoms with Gasteiger partial charge in [-0.25, -0.2) is 4.68 Å². The van der Waals surface area contributed by atoms with Gasteiger partial charge in [0, 0.05) is 16.3 Å². The van der Waals surface area contributed by atoms with Gasteiger partial charge in [0.1, 0.15) is 0 Å². The minimum atomic E-state index is -0.0450. The van der Waals surface area contributed by atoms with Gasteiger partial charge in [-0.1, -0.05) is 31.5 Å². The van der Waals surface area contributed by atoms with E-state index in [9.17, 15) is 4.79 Å². The van der Waals surface area contributed by atoms with Crippen LogP contribution in [0, 0.1) is 0 Å². The Labute approximate surface area is 117 Å². The smallest absolute Gasteiger partial charge is 0.274 e. The Balaban J connectivity index is 2.59. The van der Waals surface area contributed by atoms with Crippen LogP contribution in [-0.4, -0.2) is 16.3 Å². The van der Waals surface area contributed by atoms with E-state index in [1.807, 2.05) is 26.0 Å². The Bertz CT molecular complexity index is 628. The second-order valence-electron chi connectivity index (χ2n) is 4.82. The molecule has 1 heterocycles. The fourth-order valence-corrected chi connectivity index (χ4v) is 2.33. The van der Waals surface area contributed by atoms with Crippen LogP contribution in [0.4, 0.5) is 0 Å². The minimum absolute atomic E-state index is 0.0450. The molecule has 0 atom stereocenters. The van der Waals surface area contributed by atoms with E-state index in [4.69, 9.17) is 17.3 Å². The average Bonchev–Trinajstić information content (AvgIpc) is 2.68. The number of aromatic amines is 1. The zero-order chi connectivity index (χ0) is 14.0. The lowest BCUT2D eigenvalue weighted by Crippen LogP contribution is -2.19. The highest BCUT2D eigenvalue weighted by Gasteiger charge is 2.16. The molecule has 0 aliphatic heterocycles. The number of benzene rings is 1. The van der Waals surface area contributed by atoms with Gasteiger partial charge in [0.2, 0.25) is 0 Å². The predicted molar refractivity (Wildman–Crippen MR) is 78.2 cm³/mol. The Morgan fingerprint density at radius 1 is 1.42 bits per heavy atom. The number of H-pyrrole nitrogens is 1. The van der Waals surface area contributed by atoms with Crippen molar-refractivity contribution >= 4 is 11.6 Å². The number of hydrogen-bond donors (Lipinski definition) is 2. The van der Waals surface area contributed by atoms with Gasteiger partial charge < -0.3 is 5.73 Å². The fraction of sp³-hybridized carbons (Fsp3) is 0.357. The maximum atomic E-state index is 12.4. The molecule has 0 saturated carbocycles. The summed E-state index contributed by atoms with van der Waals surface area (Å²) in [5.74, 6) is 0.245. The Hall–Kier alpha value is -1.52. The predicted octanol–water partition coefficient (Wildman–Crippen LogP) is 2.44. The summed E-state index contributed by atoms with van der Waals surface area (Å²) in [5.41, 5.74) is 7.98. The highest BCUT2D eigenvalue weighted by Crippen LogP contribution is 2.18. The molecule has 0 radical (unpaired) electrons. The average molecular weight is 280 g/mol. The first-order chi connectivity index (χ1) is 9.04. The number of rotatable bonds is 4. The molecule has 0 spiro atoms. The summed E-state index contributed by atoms with van der Waals surface area (Å²) in [5, 5.41) is 3.77. The van der Waals surface area contributed by atoms with Gasteiger partial charge >= 0.3 is 0 Å². The first kappa shape index (κ1) is 13.9. The SMILES string of the molecule is CC(C)c1[nH]n(-c2cccc(Cl)c2)c(=O)c1CCN. The van der Waals surface area contributed by atoms with Crippen molar-refractivity contribution in [1.82, 2.24) is 9.78 Å². The van der Waals surface area contributed by atoms with Crippen molar-refractivity contribution in [2.24, 2.45) is 5.73 Å². The number of nitrogens with one attached hydrogen (secondary N) is 1. The van der Waals surface area contributed by atoms with Crippen molar-refractivity contribution in [3.05, 3.63) is 50.9 Å². The van der Waals surface area contributed by atoms with Crippen molar-refractivity contribution in [3.63, 3.8) is 0 Å². The van der Waals surface area contributed by atoms with E-state index in [2.05, 4.69) is 5.10 Å². The second kappa shape index (κ2) is 5.63. The van der Waals surface area contributed by atoms with Gasteiger partial charge in [0.15, 0.2) is 0 Å². The van der Waals surface area contributed by atoms with Crippen molar-refractivity contribution in [2.75, 3.05) is 6.54 Å². The number of aromatic nitrogens is 2. The molecule has 4 nitrogen and oxygen atoms in total. The van der Waals surface area contributed by atoms with Crippen molar-refractivity contribution in [2.45, 2.75) is 26.2 Å². The van der Waals surface area contributed by atoms with Crippen LogP contribution in [0.2, 0.25) is 5.02 Å². The molecule has 0 bridgehead atoms. The molecule has 19 heavy (non-hydrogen) atoms. The van der Waals surface area contributed by atoms with E-state index in [0.717, 1.165) is 16.9 Å². The molecular formula is C14H18ClN3O. The number of hydrogen-bond acceptors (Lipinski definition) is 2. The molecule has 2 rings (SSSR count). The summed E-state index contributed by atoms with van der Waals surface area (Å²) in [4.78, 5) is 12.4. The molecule has 0 saturated heterocycles. The van der Waals surface area contributed by atoms with Gasteiger partial charge in [-0.05, 0) is 37.1 Å². The molecule has 0 aliphatic carbocycles. The Morgan fingerprint density at radius 2 is 2.16 bits per heavy atom. The number of nitrogens with zero attached hydrogens (tertiary/aromatic N) is 1. The van der Waals surface area contributed by atoms with E-state index >= 15 is 0 Å². The van der Waals surface area contributed by atoms with Crippen LogP contribution >= 0.6 is 11.6 Å². The minimum Gasteiger partial charge on any atom is -0.330 e. The lowest BCUT2D eigenvalue weighted by atomic mass is 10.0. The first-order valence-corrected chi connectivity index (χ1v) is 6.72. The largest absolute Gasteiger partial charge is 0.330 e. The number of nitrogens with two attached hydrogens (primary N) is 1. The maximum Gasteiger partial charge on any atom is 0.274 e. The van der Waals surface area contributed by atoms with E-state index in [1.54, 1.807) is 12.1 Å². The van der Waals surface area contributed by atoms with Crippen LogP contribution in [0.3, 0.4) is 0 Å². The van der Waals surface area contributed by atoms with E-state index in [-0.39, 0.29) is 11.5 Å². The van der Waals surface area contributed by atoms with Gasteiger partial charge in [0.25, 0.3) is 5.56 Å². The monoisotopic (exact) mass is 279 g/mol. The standard InChI is InChI=1S/C14H18ClN3O/c1-9(2)13-12(6-7-16)14(19)18(17-13)11-5-3-4-10(15)8-11/h3-5,8-9,17H,6-7,16H2,1-2H3. The normalized spacial score (nSPS) is 11.2. The quantitative estimate of drug-likeness (QED) is 0.903. The second-order valence-corrected chi connectivity index (χ2v) is 5.25. The molecule has 5 heteroatoms. The van der Waals surface area contributed by atoms with Gasteiger partial charge in [-0.3, -0.25) is 9.89 Å². The van der Waals surface area contributed by atoms with Crippen molar-refractivity contribution in [3.8, 4) is 5.69 Å². The maximum absolute atomic E-state index is 12.4. The van der Waals surface area contributed by atoms with Crippen LogP contribution in [0.25, 0.3) is 5.69 Å². The molecule has 0 fully saturated rings. The first-order valence-electron chi connectivity index (χ1n) is 6.34. The summed E-state index contributed by atoms with van der Waals surface area (Å²) in [6, 6.07) is 7.21. The summed E-state index contributed by atoms with van der Waals surface area (Å²) in [6.45, 7) is 4.56. The van der Waals surface area contributed by atoms with Crippen LogP contribution in [0.5, 0.6) is 0 Å². The molecule has 1 aromatic heterocycles. The highest BCUT2D eigenvalue weighted by atomic mass is 35.5. The third kappa shape index (κ3) is 2.74. The van der Waals surface area contributed by atoms with Crippen molar-refractivity contribution in [1.29, 1.82) is 0 Å². The van der Waals surface area contributed by atoms with Gasteiger partial charge in [-0.2, -0.15) is 0 Å². The lowest BCUT2D eigenvalue weighted by molar-refractivity contribution is 0.756. The Kier molecular flexibility index (Phi) is 4.12. The molecule has 0 amide bonds. The van der Waals surface area contributed by atoms with E-state index < -0.39 is 0 Å². The summed E-state index contributed by atoms with van der Waals surface area (Å²) in [6.07, 6.45) is 0.580.